The van der Waals surface area contributed by atoms with Gasteiger partial charge in [-0.3, -0.25) is 0 Å². The van der Waals surface area contributed by atoms with Gasteiger partial charge in [-0.05, 0) is 37.1 Å². The van der Waals surface area contributed by atoms with Crippen molar-refractivity contribution in [3.05, 3.63) is 34.9 Å². The third kappa shape index (κ3) is 4.65. The molecule has 1 atom stereocenters. The van der Waals surface area contributed by atoms with Gasteiger partial charge in [-0.1, -0.05) is 30.7 Å². The molecule has 1 rings (SSSR count). The van der Waals surface area contributed by atoms with Gasteiger partial charge in [0.2, 0.25) is 0 Å². The fourth-order valence-corrected chi connectivity index (χ4v) is 1.67. The van der Waals surface area contributed by atoms with Crippen LogP contribution in [0.25, 0.3) is 0 Å². The van der Waals surface area contributed by atoms with Crippen LogP contribution < -0.4 is 5.32 Å². The molecule has 1 aromatic carbocycles. The second-order valence-corrected chi connectivity index (χ2v) is 4.23. The molecule has 0 fully saturated rings. The molecule has 0 aliphatic carbocycles. The van der Waals surface area contributed by atoms with Gasteiger partial charge >= 0.3 is 0 Å². The van der Waals surface area contributed by atoms with Crippen LogP contribution in [0, 0.1) is 11.3 Å². The molecule has 3 heteroatoms. The molecule has 1 N–H and O–H groups in total. The fraction of sp³-hybridized carbons (Fsp3) is 0.462. The smallest absolute Gasteiger partial charge is 0.0638 e. The van der Waals surface area contributed by atoms with Crippen LogP contribution in [0.4, 0.5) is 0 Å². The molecule has 2 nitrogen and oxygen atoms in total. The largest absolute Gasteiger partial charge is 0.313 e. The van der Waals surface area contributed by atoms with Crippen molar-refractivity contribution >= 4 is 11.6 Å². The molecule has 0 bridgehead atoms. The zero-order valence-corrected chi connectivity index (χ0v) is 10.3. The van der Waals surface area contributed by atoms with Crippen LogP contribution in [0.5, 0.6) is 0 Å². The van der Waals surface area contributed by atoms with Crippen molar-refractivity contribution in [2.45, 2.75) is 32.2 Å². The maximum atomic E-state index is 8.61. The van der Waals surface area contributed by atoms with E-state index in [1.807, 2.05) is 24.3 Å². The number of nitrogens with zero attached hydrogens (tertiary/aromatic N) is 1. The first-order valence-electron chi connectivity index (χ1n) is 5.61. The summed E-state index contributed by atoms with van der Waals surface area (Å²) in [6.45, 7) is 3.00. The molecule has 0 radical (unpaired) electrons. The van der Waals surface area contributed by atoms with E-state index in [0.29, 0.717) is 12.5 Å². The van der Waals surface area contributed by atoms with E-state index < -0.39 is 0 Å². The normalized spacial score (nSPS) is 12.1. The van der Waals surface area contributed by atoms with Gasteiger partial charge in [0.1, 0.15) is 0 Å². The molecule has 0 saturated carbocycles. The molecular formula is C13H17ClN2. The molecule has 0 aliphatic heterocycles. The predicted molar refractivity (Wildman–Crippen MR) is 67.5 cm³/mol. The molecule has 16 heavy (non-hydrogen) atoms. The monoisotopic (exact) mass is 236 g/mol. The minimum absolute atomic E-state index is 0.317. The minimum Gasteiger partial charge on any atom is -0.313 e. The fourth-order valence-electron chi connectivity index (χ4n) is 1.54. The van der Waals surface area contributed by atoms with E-state index >= 15 is 0 Å². The molecule has 0 heterocycles. The van der Waals surface area contributed by atoms with Gasteiger partial charge in [-0.15, -0.1) is 0 Å². The maximum Gasteiger partial charge on any atom is 0.0638 e. The van der Waals surface area contributed by atoms with Crippen LogP contribution >= 0.6 is 11.6 Å². The first-order valence-corrected chi connectivity index (χ1v) is 5.98. The van der Waals surface area contributed by atoms with Crippen LogP contribution in [0.2, 0.25) is 5.02 Å². The van der Waals surface area contributed by atoms with E-state index in [0.717, 1.165) is 24.4 Å². The molecular weight excluding hydrogens is 220 g/mol. The quantitative estimate of drug-likeness (QED) is 0.824. The van der Waals surface area contributed by atoms with E-state index in [1.165, 1.54) is 5.56 Å². The average Bonchev–Trinajstić information content (AvgIpc) is 2.30. The van der Waals surface area contributed by atoms with Crippen LogP contribution in [0.1, 0.15) is 25.3 Å². The van der Waals surface area contributed by atoms with Crippen molar-refractivity contribution in [1.82, 2.24) is 5.32 Å². The van der Waals surface area contributed by atoms with E-state index in [2.05, 4.69) is 18.3 Å². The first kappa shape index (κ1) is 13.0. The zero-order valence-electron chi connectivity index (χ0n) is 9.54. The third-order valence-corrected chi connectivity index (χ3v) is 2.84. The van der Waals surface area contributed by atoms with E-state index in [1.54, 1.807) is 0 Å². The van der Waals surface area contributed by atoms with E-state index in [-0.39, 0.29) is 0 Å². The Morgan fingerprint density at radius 2 is 2.06 bits per heavy atom. The second kappa shape index (κ2) is 7.27. The van der Waals surface area contributed by atoms with Crippen molar-refractivity contribution in [2.75, 3.05) is 6.54 Å². The summed E-state index contributed by atoms with van der Waals surface area (Å²) >= 11 is 5.81. The van der Waals surface area contributed by atoms with Crippen molar-refractivity contribution < 1.29 is 0 Å². The summed E-state index contributed by atoms with van der Waals surface area (Å²) in [5.41, 5.74) is 1.27. The molecule has 0 spiro atoms. The van der Waals surface area contributed by atoms with Gasteiger partial charge in [-0.2, -0.15) is 5.26 Å². The lowest BCUT2D eigenvalue weighted by molar-refractivity contribution is 0.509. The van der Waals surface area contributed by atoms with E-state index in [4.69, 9.17) is 16.9 Å². The summed E-state index contributed by atoms with van der Waals surface area (Å²) in [5, 5.41) is 12.8. The Balaban J connectivity index is 2.29. The highest BCUT2D eigenvalue weighted by Gasteiger charge is 2.03. The molecule has 0 aliphatic rings. The number of nitriles is 1. The molecule has 0 saturated heterocycles. The zero-order chi connectivity index (χ0) is 11.8. The van der Waals surface area contributed by atoms with Crippen molar-refractivity contribution in [3.8, 4) is 6.07 Å². The van der Waals surface area contributed by atoms with Gasteiger partial charge in [0.05, 0.1) is 12.5 Å². The second-order valence-electron chi connectivity index (χ2n) is 3.80. The number of rotatable bonds is 6. The van der Waals surface area contributed by atoms with Crippen LogP contribution in [-0.4, -0.2) is 12.6 Å². The van der Waals surface area contributed by atoms with Gasteiger partial charge < -0.3 is 5.32 Å². The van der Waals surface area contributed by atoms with Gasteiger partial charge in [-0.25, -0.2) is 0 Å². The summed E-state index contributed by atoms with van der Waals surface area (Å²) in [7, 11) is 0. The molecule has 1 aromatic rings. The highest BCUT2D eigenvalue weighted by molar-refractivity contribution is 6.30. The average molecular weight is 237 g/mol. The topological polar surface area (TPSA) is 35.8 Å². The van der Waals surface area contributed by atoms with Gasteiger partial charge in [0, 0.05) is 11.1 Å². The summed E-state index contributed by atoms with van der Waals surface area (Å²) in [4.78, 5) is 0. The predicted octanol–water partition coefficient (Wildman–Crippen LogP) is 3.16. The van der Waals surface area contributed by atoms with E-state index in [9.17, 15) is 0 Å². The summed E-state index contributed by atoms with van der Waals surface area (Å²) in [6, 6.07) is 10.4. The van der Waals surface area contributed by atoms with Crippen molar-refractivity contribution in [3.63, 3.8) is 0 Å². The lowest BCUT2D eigenvalue weighted by atomic mass is 10.1. The lowest BCUT2D eigenvalue weighted by Crippen LogP contribution is -2.29. The van der Waals surface area contributed by atoms with Gasteiger partial charge in [0.25, 0.3) is 0 Å². The summed E-state index contributed by atoms with van der Waals surface area (Å²) in [5.74, 6) is 0. The Morgan fingerprint density at radius 3 is 2.62 bits per heavy atom. The Kier molecular flexibility index (Phi) is 5.92. The number of nitrogens with one attached hydrogen (secondary N) is 1. The van der Waals surface area contributed by atoms with Crippen LogP contribution in [0.15, 0.2) is 24.3 Å². The summed E-state index contributed by atoms with van der Waals surface area (Å²) in [6.07, 6.45) is 2.55. The first-order chi connectivity index (χ1) is 7.76. The highest BCUT2D eigenvalue weighted by atomic mass is 35.5. The lowest BCUT2D eigenvalue weighted by Gasteiger charge is -2.13. The number of hydrogen-bond donors (Lipinski definition) is 1. The minimum atomic E-state index is 0.317. The van der Waals surface area contributed by atoms with Crippen molar-refractivity contribution in [1.29, 1.82) is 5.26 Å². The van der Waals surface area contributed by atoms with Gasteiger partial charge in [0.15, 0.2) is 0 Å². The Bertz CT molecular complexity index is 340. The molecule has 0 aromatic heterocycles. The number of hydrogen-bond acceptors (Lipinski definition) is 2. The Labute approximate surface area is 102 Å². The standard InChI is InChI=1S/C13H17ClN2/c1-2-13(7-9-15)16-10-8-11-3-5-12(14)6-4-11/h3-6,13,16H,2,7-8,10H2,1H3. The highest BCUT2D eigenvalue weighted by Crippen LogP contribution is 2.09. The number of benzene rings is 1. The molecule has 1 unspecified atom stereocenters. The summed E-state index contributed by atoms with van der Waals surface area (Å²) < 4.78 is 0. The van der Waals surface area contributed by atoms with Crippen LogP contribution in [0.3, 0.4) is 0 Å². The molecule has 86 valence electrons. The van der Waals surface area contributed by atoms with Crippen molar-refractivity contribution in [2.24, 2.45) is 0 Å². The number of halogens is 1. The Hall–Kier alpha value is -1.04. The SMILES string of the molecule is CCC(CC#N)NCCc1ccc(Cl)cc1. The maximum absolute atomic E-state index is 8.61. The Morgan fingerprint density at radius 1 is 1.38 bits per heavy atom. The third-order valence-electron chi connectivity index (χ3n) is 2.59. The van der Waals surface area contributed by atoms with Crippen LogP contribution in [-0.2, 0) is 6.42 Å². The molecule has 0 amide bonds.